The number of hydrogen-bond acceptors (Lipinski definition) is 4. The summed E-state index contributed by atoms with van der Waals surface area (Å²) in [5.74, 6) is -0.389. The second-order valence-electron chi connectivity index (χ2n) is 6.02. The van der Waals surface area contributed by atoms with Gasteiger partial charge in [-0.05, 0) is 48.4 Å². The van der Waals surface area contributed by atoms with Crippen LogP contribution < -0.4 is 10.2 Å². The van der Waals surface area contributed by atoms with Gasteiger partial charge in [0, 0.05) is 36.7 Å². The molecule has 7 heteroatoms. The highest BCUT2D eigenvalue weighted by Gasteiger charge is 2.22. The van der Waals surface area contributed by atoms with Crippen LogP contribution in [0, 0.1) is 0 Å². The minimum absolute atomic E-state index is 0.00637. The molecule has 1 aliphatic heterocycles. The topological polar surface area (TPSA) is 83.6 Å². The van der Waals surface area contributed by atoms with Crippen LogP contribution in [0.15, 0.2) is 47.4 Å². The van der Waals surface area contributed by atoms with Crippen LogP contribution in [0.2, 0.25) is 0 Å². The molecule has 0 spiro atoms. The first-order valence-corrected chi connectivity index (χ1v) is 9.67. The van der Waals surface area contributed by atoms with Gasteiger partial charge in [0.15, 0.2) is 9.84 Å². The van der Waals surface area contributed by atoms with E-state index in [-0.39, 0.29) is 22.3 Å². The molecule has 1 aliphatic rings. The van der Waals surface area contributed by atoms with Gasteiger partial charge in [-0.2, -0.15) is 0 Å². The third kappa shape index (κ3) is 3.56. The molecule has 1 N–H and O–H groups in total. The van der Waals surface area contributed by atoms with Gasteiger partial charge in [0.05, 0.1) is 4.90 Å². The Morgan fingerprint density at radius 1 is 1.12 bits per heavy atom. The lowest BCUT2D eigenvalue weighted by Gasteiger charge is -2.15. The van der Waals surface area contributed by atoms with E-state index in [1.165, 1.54) is 19.1 Å². The van der Waals surface area contributed by atoms with Crippen molar-refractivity contribution in [2.75, 3.05) is 23.0 Å². The van der Waals surface area contributed by atoms with Crippen LogP contribution in [-0.2, 0) is 21.1 Å². The van der Waals surface area contributed by atoms with E-state index in [2.05, 4.69) is 5.32 Å². The molecule has 0 saturated heterocycles. The van der Waals surface area contributed by atoms with Crippen molar-refractivity contribution in [3.05, 3.63) is 53.6 Å². The number of amides is 2. The maximum absolute atomic E-state index is 12.4. The first-order valence-electron chi connectivity index (χ1n) is 7.78. The molecule has 0 unspecified atom stereocenters. The minimum atomic E-state index is -3.37. The highest BCUT2D eigenvalue weighted by Crippen LogP contribution is 2.30. The Hall–Kier alpha value is -2.67. The van der Waals surface area contributed by atoms with Gasteiger partial charge in [-0.15, -0.1) is 0 Å². The smallest absolute Gasteiger partial charge is 0.255 e. The molecule has 3 rings (SSSR count). The Bertz CT molecular complexity index is 967. The Kier molecular flexibility index (Phi) is 4.34. The molecule has 2 aromatic rings. The summed E-state index contributed by atoms with van der Waals surface area (Å²) in [5.41, 5.74) is 2.75. The predicted octanol–water partition coefficient (Wildman–Crippen LogP) is 2.25. The van der Waals surface area contributed by atoms with Crippen molar-refractivity contribution in [1.82, 2.24) is 0 Å². The standard InChI is InChI=1S/C18H18N2O4S/c1-12(21)20-9-8-13-10-15(6-7-17(13)20)19-18(22)14-4-3-5-16(11-14)25(2,23)24/h3-7,10-11H,8-9H2,1-2H3,(H,19,22). The fourth-order valence-corrected chi connectivity index (χ4v) is 3.54. The number of nitrogens with zero attached hydrogens (tertiary/aromatic N) is 1. The fraction of sp³-hybridized carbons (Fsp3) is 0.222. The van der Waals surface area contributed by atoms with Gasteiger partial charge in [0.25, 0.3) is 5.91 Å². The average Bonchev–Trinajstić information content (AvgIpc) is 2.97. The molecule has 6 nitrogen and oxygen atoms in total. The highest BCUT2D eigenvalue weighted by molar-refractivity contribution is 7.90. The van der Waals surface area contributed by atoms with Crippen molar-refractivity contribution < 1.29 is 18.0 Å². The van der Waals surface area contributed by atoms with Gasteiger partial charge in [-0.1, -0.05) is 6.07 Å². The number of carbonyl (C=O) groups excluding carboxylic acids is 2. The summed E-state index contributed by atoms with van der Waals surface area (Å²) < 4.78 is 23.2. The molecule has 2 aromatic carbocycles. The highest BCUT2D eigenvalue weighted by atomic mass is 32.2. The third-order valence-corrected chi connectivity index (χ3v) is 5.25. The fourth-order valence-electron chi connectivity index (χ4n) is 2.88. The normalized spacial score (nSPS) is 13.4. The number of anilines is 2. The van der Waals surface area contributed by atoms with Gasteiger partial charge in [0.1, 0.15) is 0 Å². The number of sulfone groups is 1. The zero-order valence-corrected chi connectivity index (χ0v) is 14.8. The van der Waals surface area contributed by atoms with Crippen molar-refractivity contribution in [1.29, 1.82) is 0 Å². The summed E-state index contributed by atoms with van der Waals surface area (Å²) in [7, 11) is -3.37. The quantitative estimate of drug-likeness (QED) is 0.912. The van der Waals surface area contributed by atoms with Crippen LogP contribution in [0.4, 0.5) is 11.4 Å². The monoisotopic (exact) mass is 358 g/mol. The van der Waals surface area contributed by atoms with Crippen molar-refractivity contribution in [2.45, 2.75) is 18.2 Å². The molecule has 2 amide bonds. The number of rotatable bonds is 3. The second kappa shape index (κ2) is 6.33. The molecular weight excluding hydrogens is 340 g/mol. The molecule has 0 aliphatic carbocycles. The molecule has 1 heterocycles. The van der Waals surface area contributed by atoms with E-state index in [0.717, 1.165) is 23.9 Å². The summed E-state index contributed by atoms with van der Waals surface area (Å²) in [6.07, 6.45) is 1.84. The molecule has 0 atom stereocenters. The Labute approximate surface area is 146 Å². The molecule has 0 bridgehead atoms. The van der Waals surface area contributed by atoms with Crippen LogP contribution >= 0.6 is 0 Å². The van der Waals surface area contributed by atoms with E-state index in [0.29, 0.717) is 12.2 Å². The zero-order chi connectivity index (χ0) is 18.2. The van der Waals surface area contributed by atoms with Gasteiger partial charge in [-0.3, -0.25) is 9.59 Å². The van der Waals surface area contributed by atoms with Crippen molar-refractivity contribution in [3.8, 4) is 0 Å². The maximum Gasteiger partial charge on any atom is 0.255 e. The summed E-state index contributed by atoms with van der Waals surface area (Å²) in [4.78, 5) is 25.8. The summed E-state index contributed by atoms with van der Waals surface area (Å²) >= 11 is 0. The number of hydrogen-bond donors (Lipinski definition) is 1. The van der Waals surface area contributed by atoms with Gasteiger partial charge in [0.2, 0.25) is 5.91 Å². The van der Waals surface area contributed by atoms with Gasteiger partial charge < -0.3 is 10.2 Å². The first kappa shape index (κ1) is 17.2. The number of nitrogens with one attached hydrogen (secondary N) is 1. The number of benzene rings is 2. The van der Waals surface area contributed by atoms with Crippen molar-refractivity contribution in [2.24, 2.45) is 0 Å². The Morgan fingerprint density at radius 2 is 1.88 bits per heavy atom. The maximum atomic E-state index is 12.4. The SMILES string of the molecule is CC(=O)N1CCc2cc(NC(=O)c3cccc(S(C)(=O)=O)c3)ccc21. The lowest BCUT2D eigenvalue weighted by molar-refractivity contribution is -0.116. The van der Waals surface area contributed by atoms with Crippen LogP contribution in [0.5, 0.6) is 0 Å². The van der Waals surface area contributed by atoms with E-state index >= 15 is 0 Å². The first-order chi connectivity index (χ1) is 11.8. The van der Waals surface area contributed by atoms with E-state index in [1.54, 1.807) is 23.1 Å². The Morgan fingerprint density at radius 3 is 2.56 bits per heavy atom. The molecule has 0 fully saturated rings. The molecule has 0 saturated carbocycles. The lowest BCUT2D eigenvalue weighted by atomic mass is 10.1. The van der Waals surface area contributed by atoms with Crippen LogP contribution in [-0.4, -0.2) is 33.0 Å². The molecular formula is C18H18N2O4S. The largest absolute Gasteiger partial charge is 0.322 e. The molecule has 0 radical (unpaired) electrons. The second-order valence-corrected chi connectivity index (χ2v) is 8.03. The van der Waals surface area contributed by atoms with Crippen LogP contribution in [0.1, 0.15) is 22.8 Å². The van der Waals surface area contributed by atoms with Crippen LogP contribution in [0.25, 0.3) is 0 Å². The van der Waals surface area contributed by atoms with E-state index in [4.69, 9.17) is 0 Å². The molecule has 0 aromatic heterocycles. The summed E-state index contributed by atoms with van der Waals surface area (Å²) in [5, 5.41) is 2.77. The minimum Gasteiger partial charge on any atom is -0.322 e. The van der Waals surface area contributed by atoms with E-state index in [9.17, 15) is 18.0 Å². The molecule has 130 valence electrons. The molecule has 25 heavy (non-hydrogen) atoms. The van der Waals surface area contributed by atoms with Crippen LogP contribution in [0.3, 0.4) is 0 Å². The van der Waals surface area contributed by atoms with E-state index in [1.807, 2.05) is 12.1 Å². The lowest BCUT2D eigenvalue weighted by Crippen LogP contribution is -2.25. The third-order valence-electron chi connectivity index (χ3n) is 4.14. The summed E-state index contributed by atoms with van der Waals surface area (Å²) in [6.45, 7) is 2.16. The zero-order valence-electron chi connectivity index (χ0n) is 13.9. The van der Waals surface area contributed by atoms with Crippen molar-refractivity contribution >= 4 is 33.0 Å². The number of carbonyl (C=O) groups is 2. The van der Waals surface area contributed by atoms with Crippen molar-refractivity contribution in [3.63, 3.8) is 0 Å². The number of fused-ring (bicyclic) bond motifs is 1. The van der Waals surface area contributed by atoms with Gasteiger partial charge >= 0.3 is 0 Å². The van der Waals surface area contributed by atoms with E-state index < -0.39 is 9.84 Å². The van der Waals surface area contributed by atoms with Gasteiger partial charge in [-0.25, -0.2) is 8.42 Å². The average molecular weight is 358 g/mol. The Balaban J connectivity index is 1.82. The summed E-state index contributed by atoms with van der Waals surface area (Å²) in [6, 6.07) is 11.3. The predicted molar refractivity (Wildman–Crippen MR) is 95.7 cm³/mol.